The maximum absolute atomic E-state index is 4.76. The Labute approximate surface area is 133 Å². The standard InChI is InChI=1S/C18H28N2S/c1-4-7-8-15-9-11-16(12-10-15)20-17-19-13-18(5-2,6-3)14-21-17/h9-12H,4-8,13-14H2,1-3H3,(H,19,20). The Hall–Kier alpha value is -0.960. The molecule has 0 aromatic heterocycles. The lowest BCUT2D eigenvalue weighted by molar-refractivity contribution is 0.318. The van der Waals surface area contributed by atoms with Crippen LogP contribution in [0.4, 0.5) is 5.69 Å². The van der Waals surface area contributed by atoms with Gasteiger partial charge in [-0.25, -0.2) is 0 Å². The fourth-order valence-electron chi connectivity index (χ4n) is 2.56. The van der Waals surface area contributed by atoms with E-state index in [0.717, 1.165) is 17.4 Å². The van der Waals surface area contributed by atoms with Gasteiger partial charge < -0.3 is 5.32 Å². The molecule has 0 radical (unpaired) electrons. The van der Waals surface area contributed by atoms with Crippen LogP contribution < -0.4 is 5.32 Å². The lowest BCUT2D eigenvalue weighted by Gasteiger charge is -2.33. The van der Waals surface area contributed by atoms with E-state index in [1.165, 1.54) is 43.4 Å². The largest absolute Gasteiger partial charge is 0.335 e. The highest BCUT2D eigenvalue weighted by Crippen LogP contribution is 2.35. The second-order valence-corrected chi connectivity index (χ2v) is 7.01. The molecule has 0 saturated heterocycles. The normalized spacial score (nSPS) is 17.4. The van der Waals surface area contributed by atoms with Gasteiger partial charge in [0.15, 0.2) is 5.17 Å². The molecule has 2 rings (SSSR count). The zero-order chi connectivity index (χ0) is 15.1. The molecular weight excluding hydrogens is 276 g/mol. The van der Waals surface area contributed by atoms with Gasteiger partial charge in [0.05, 0.1) is 0 Å². The summed E-state index contributed by atoms with van der Waals surface area (Å²) in [4.78, 5) is 4.76. The van der Waals surface area contributed by atoms with Crippen molar-refractivity contribution in [1.29, 1.82) is 0 Å². The maximum Gasteiger partial charge on any atom is 0.161 e. The molecule has 2 nitrogen and oxygen atoms in total. The Balaban J connectivity index is 1.92. The smallest absolute Gasteiger partial charge is 0.161 e. The second-order valence-electron chi connectivity index (χ2n) is 6.04. The van der Waals surface area contributed by atoms with Crippen LogP contribution in [0.2, 0.25) is 0 Å². The SMILES string of the molecule is CCCCc1ccc(NC2=NCC(CC)(CC)CS2)cc1. The van der Waals surface area contributed by atoms with Crippen LogP contribution in [-0.2, 0) is 6.42 Å². The molecular formula is C18H28N2S. The molecule has 0 spiro atoms. The van der Waals surface area contributed by atoms with Gasteiger partial charge in [-0.05, 0) is 48.8 Å². The number of amidine groups is 1. The van der Waals surface area contributed by atoms with E-state index in [2.05, 4.69) is 50.4 Å². The van der Waals surface area contributed by atoms with E-state index in [0.29, 0.717) is 5.41 Å². The number of benzene rings is 1. The van der Waals surface area contributed by atoms with Crippen LogP contribution in [0.1, 0.15) is 52.0 Å². The van der Waals surface area contributed by atoms with Crippen LogP contribution in [0, 0.1) is 5.41 Å². The highest BCUT2D eigenvalue weighted by Gasteiger charge is 2.30. The highest BCUT2D eigenvalue weighted by molar-refractivity contribution is 8.14. The Morgan fingerprint density at radius 1 is 1.14 bits per heavy atom. The molecule has 0 atom stereocenters. The molecule has 0 amide bonds. The monoisotopic (exact) mass is 304 g/mol. The fraction of sp³-hybridized carbons (Fsp3) is 0.611. The third kappa shape index (κ3) is 4.50. The van der Waals surface area contributed by atoms with E-state index >= 15 is 0 Å². The van der Waals surface area contributed by atoms with Crippen molar-refractivity contribution in [3.63, 3.8) is 0 Å². The topological polar surface area (TPSA) is 24.4 Å². The molecule has 1 aliphatic heterocycles. The first-order valence-corrected chi connectivity index (χ1v) is 9.23. The number of hydrogen-bond acceptors (Lipinski definition) is 3. The number of unbranched alkanes of at least 4 members (excludes halogenated alkanes) is 1. The minimum Gasteiger partial charge on any atom is -0.335 e. The molecule has 0 unspecified atom stereocenters. The lowest BCUT2D eigenvalue weighted by Crippen LogP contribution is -2.32. The number of anilines is 1. The second kappa shape index (κ2) is 7.88. The number of aliphatic imine (C=N–C) groups is 1. The van der Waals surface area contributed by atoms with E-state index in [4.69, 9.17) is 4.99 Å². The maximum atomic E-state index is 4.76. The van der Waals surface area contributed by atoms with Gasteiger partial charge in [-0.3, -0.25) is 4.99 Å². The van der Waals surface area contributed by atoms with Crippen LogP contribution >= 0.6 is 11.8 Å². The van der Waals surface area contributed by atoms with E-state index in [1.54, 1.807) is 0 Å². The molecule has 1 aliphatic rings. The minimum absolute atomic E-state index is 0.417. The molecule has 0 saturated carbocycles. The minimum atomic E-state index is 0.417. The molecule has 3 heteroatoms. The summed E-state index contributed by atoms with van der Waals surface area (Å²) in [5.74, 6) is 1.18. The van der Waals surface area contributed by atoms with E-state index in [-0.39, 0.29) is 0 Å². The Bertz CT molecular complexity index is 461. The van der Waals surface area contributed by atoms with Gasteiger partial charge in [-0.15, -0.1) is 0 Å². The van der Waals surface area contributed by atoms with Gasteiger partial charge in [0, 0.05) is 18.0 Å². The third-order valence-corrected chi connectivity index (χ3v) is 5.86. The number of aryl methyl sites for hydroxylation is 1. The summed E-state index contributed by atoms with van der Waals surface area (Å²) in [6, 6.07) is 8.81. The molecule has 21 heavy (non-hydrogen) atoms. The van der Waals surface area contributed by atoms with Gasteiger partial charge in [0.1, 0.15) is 0 Å². The van der Waals surface area contributed by atoms with Crippen molar-refractivity contribution in [2.24, 2.45) is 10.4 Å². The Morgan fingerprint density at radius 2 is 1.86 bits per heavy atom. The average Bonchev–Trinajstić information content (AvgIpc) is 2.55. The van der Waals surface area contributed by atoms with Crippen molar-refractivity contribution in [3.05, 3.63) is 29.8 Å². The molecule has 1 aromatic rings. The molecule has 1 N–H and O–H groups in total. The van der Waals surface area contributed by atoms with Crippen molar-refractivity contribution in [1.82, 2.24) is 0 Å². The van der Waals surface area contributed by atoms with Crippen LogP contribution in [0.5, 0.6) is 0 Å². The van der Waals surface area contributed by atoms with Gasteiger partial charge in [-0.1, -0.05) is 51.1 Å². The van der Waals surface area contributed by atoms with Crippen LogP contribution in [0.25, 0.3) is 0 Å². The van der Waals surface area contributed by atoms with E-state index < -0.39 is 0 Å². The zero-order valence-electron chi connectivity index (χ0n) is 13.6. The van der Waals surface area contributed by atoms with E-state index in [9.17, 15) is 0 Å². The highest BCUT2D eigenvalue weighted by atomic mass is 32.2. The lowest BCUT2D eigenvalue weighted by atomic mass is 9.84. The summed E-state index contributed by atoms with van der Waals surface area (Å²) in [6.07, 6.45) is 6.15. The first kappa shape index (κ1) is 16.4. The average molecular weight is 305 g/mol. The van der Waals surface area contributed by atoms with Crippen LogP contribution in [-0.4, -0.2) is 17.5 Å². The molecule has 116 valence electrons. The number of hydrogen-bond donors (Lipinski definition) is 1. The summed E-state index contributed by atoms with van der Waals surface area (Å²) in [6.45, 7) is 7.77. The predicted octanol–water partition coefficient (Wildman–Crippen LogP) is 5.35. The van der Waals surface area contributed by atoms with Gasteiger partial charge in [0.2, 0.25) is 0 Å². The summed E-state index contributed by atoms with van der Waals surface area (Å²) in [7, 11) is 0. The van der Waals surface area contributed by atoms with Crippen LogP contribution in [0.15, 0.2) is 29.3 Å². The molecule has 1 aromatic carbocycles. The van der Waals surface area contributed by atoms with Gasteiger partial charge in [0.25, 0.3) is 0 Å². The number of nitrogens with zero attached hydrogens (tertiary/aromatic N) is 1. The van der Waals surface area contributed by atoms with Gasteiger partial charge in [-0.2, -0.15) is 0 Å². The summed E-state index contributed by atoms with van der Waals surface area (Å²) in [5.41, 5.74) is 3.00. The first-order valence-electron chi connectivity index (χ1n) is 8.24. The summed E-state index contributed by atoms with van der Waals surface area (Å²) in [5, 5.41) is 4.54. The Kier molecular flexibility index (Phi) is 6.16. The van der Waals surface area contributed by atoms with Crippen molar-refractivity contribution >= 4 is 22.6 Å². The third-order valence-electron chi connectivity index (χ3n) is 4.60. The number of rotatable bonds is 6. The summed E-state index contributed by atoms with van der Waals surface area (Å²) >= 11 is 1.87. The Morgan fingerprint density at radius 3 is 2.38 bits per heavy atom. The predicted molar refractivity (Wildman–Crippen MR) is 96.5 cm³/mol. The summed E-state index contributed by atoms with van der Waals surface area (Å²) < 4.78 is 0. The van der Waals surface area contributed by atoms with E-state index in [1.807, 2.05) is 11.8 Å². The van der Waals surface area contributed by atoms with Crippen molar-refractivity contribution in [2.45, 2.75) is 52.9 Å². The van der Waals surface area contributed by atoms with Crippen LogP contribution in [0.3, 0.4) is 0 Å². The zero-order valence-corrected chi connectivity index (χ0v) is 14.4. The van der Waals surface area contributed by atoms with Crippen molar-refractivity contribution in [3.8, 4) is 0 Å². The first-order chi connectivity index (χ1) is 10.2. The molecule has 0 aliphatic carbocycles. The fourth-order valence-corrected chi connectivity index (χ4v) is 3.85. The molecule has 1 heterocycles. The molecule has 0 bridgehead atoms. The van der Waals surface area contributed by atoms with Gasteiger partial charge >= 0.3 is 0 Å². The van der Waals surface area contributed by atoms with Crippen molar-refractivity contribution < 1.29 is 0 Å². The number of thioether (sulfide) groups is 1. The molecule has 0 fully saturated rings. The number of nitrogens with one attached hydrogen (secondary N) is 1. The van der Waals surface area contributed by atoms with Crippen molar-refractivity contribution in [2.75, 3.05) is 17.6 Å². The quantitative estimate of drug-likeness (QED) is 0.766.